The van der Waals surface area contributed by atoms with Crippen LogP contribution < -0.4 is 0 Å². The van der Waals surface area contributed by atoms with E-state index in [4.69, 9.17) is 5.11 Å². The molecule has 0 aliphatic heterocycles. The SMILES string of the molecule is Cc1cn(-c2ccc(C(F)(F)F)cc2C(=O)O)cn1. The number of aryl methyl sites for hydroxylation is 1. The first-order chi connectivity index (χ1) is 8.79. The van der Waals surface area contributed by atoms with Crippen LogP contribution >= 0.6 is 0 Å². The van der Waals surface area contributed by atoms with Gasteiger partial charge >= 0.3 is 12.1 Å². The topological polar surface area (TPSA) is 55.1 Å². The third-order valence-electron chi connectivity index (χ3n) is 2.54. The monoisotopic (exact) mass is 270 g/mol. The van der Waals surface area contributed by atoms with Crippen molar-refractivity contribution in [3.8, 4) is 5.69 Å². The average Bonchev–Trinajstić information content (AvgIpc) is 2.73. The second kappa shape index (κ2) is 4.42. The second-order valence-electron chi connectivity index (χ2n) is 3.96. The van der Waals surface area contributed by atoms with Gasteiger partial charge in [-0.25, -0.2) is 9.78 Å². The fourth-order valence-corrected chi connectivity index (χ4v) is 1.66. The summed E-state index contributed by atoms with van der Waals surface area (Å²) in [4.78, 5) is 15.0. The zero-order valence-corrected chi connectivity index (χ0v) is 9.77. The smallest absolute Gasteiger partial charge is 0.416 e. The molecule has 2 rings (SSSR count). The molecule has 0 unspecified atom stereocenters. The van der Waals surface area contributed by atoms with Crippen molar-refractivity contribution in [3.63, 3.8) is 0 Å². The van der Waals surface area contributed by atoms with Gasteiger partial charge in [0.25, 0.3) is 0 Å². The van der Waals surface area contributed by atoms with Crippen molar-refractivity contribution >= 4 is 5.97 Å². The van der Waals surface area contributed by atoms with Crippen LogP contribution in [0.1, 0.15) is 21.6 Å². The van der Waals surface area contributed by atoms with Crippen LogP contribution in [0.5, 0.6) is 0 Å². The summed E-state index contributed by atoms with van der Waals surface area (Å²) in [5.41, 5.74) is -0.643. The number of aromatic carboxylic acids is 1. The molecule has 2 aromatic rings. The van der Waals surface area contributed by atoms with Gasteiger partial charge in [0.05, 0.1) is 28.8 Å². The molecule has 4 nitrogen and oxygen atoms in total. The summed E-state index contributed by atoms with van der Waals surface area (Å²) in [6.07, 6.45) is -1.69. The highest BCUT2D eigenvalue weighted by Crippen LogP contribution is 2.31. The maximum absolute atomic E-state index is 12.6. The van der Waals surface area contributed by atoms with Crippen molar-refractivity contribution in [3.05, 3.63) is 47.5 Å². The Balaban J connectivity index is 2.60. The summed E-state index contributed by atoms with van der Waals surface area (Å²) in [7, 11) is 0. The molecule has 7 heteroatoms. The first kappa shape index (κ1) is 13.1. The number of carboxylic acids is 1. The molecule has 0 amide bonds. The van der Waals surface area contributed by atoms with Crippen LogP contribution in [-0.2, 0) is 6.18 Å². The van der Waals surface area contributed by atoms with Gasteiger partial charge in [-0.3, -0.25) is 0 Å². The molecule has 0 atom stereocenters. The summed E-state index contributed by atoms with van der Waals surface area (Å²) in [6.45, 7) is 1.70. The Labute approximate surface area is 106 Å². The highest BCUT2D eigenvalue weighted by molar-refractivity contribution is 5.92. The van der Waals surface area contributed by atoms with Crippen LogP contribution in [-0.4, -0.2) is 20.6 Å². The van der Waals surface area contributed by atoms with E-state index in [2.05, 4.69) is 4.98 Å². The maximum Gasteiger partial charge on any atom is 0.416 e. The average molecular weight is 270 g/mol. The molecule has 0 bridgehead atoms. The van der Waals surface area contributed by atoms with Gasteiger partial charge in [0.2, 0.25) is 0 Å². The zero-order chi connectivity index (χ0) is 14.2. The molecule has 0 saturated heterocycles. The maximum atomic E-state index is 12.6. The molecule has 0 saturated carbocycles. The molecular weight excluding hydrogens is 261 g/mol. The Bertz CT molecular complexity index is 632. The summed E-state index contributed by atoms with van der Waals surface area (Å²) in [6, 6.07) is 2.58. The lowest BCUT2D eigenvalue weighted by Gasteiger charge is -2.11. The number of benzene rings is 1. The van der Waals surface area contributed by atoms with Crippen molar-refractivity contribution in [2.24, 2.45) is 0 Å². The van der Waals surface area contributed by atoms with Gasteiger partial charge in [0.15, 0.2) is 0 Å². The molecule has 1 aromatic carbocycles. The minimum Gasteiger partial charge on any atom is -0.478 e. The number of alkyl halides is 3. The molecule has 1 N–H and O–H groups in total. The van der Waals surface area contributed by atoms with E-state index in [1.807, 2.05) is 0 Å². The largest absolute Gasteiger partial charge is 0.478 e. The number of rotatable bonds is 2. The van der Waals surface area contributed by atoms with Crippen LogP contribution in [0.4, 0.5) is 13.2 Å². The van der Waals surface area contributed by atoms with Gasteiger partial charge in [-0.05, 0) is 25.1 Å². The second-order valence-corrected chi connectivity index (χ2v) is 3.96. The third-order valence-corrected chi connectivity index (χ3v) is 2.54. The minimum absolute atomic E-state index is 0.140. The van der Waals surface area contributed by atoms with Crippen LogP contribution in [0.15, 0.2) is 30.7 Å². The summed E-state index contributed by atoms with van der Waals surface area (Å²) < 4.78 is 39.0. The summed E-state index contributed by atoms with van der Waals surface area (Å²) in [5, 5.41) is 9.02. The number of halogens is 3. The third kappa shape index (κ3) is 2.59. The quantitative estimate of drug-likeness (QED) is 0.912. The summed E-state index contributed by atoms with van der Waals surface area (Å²) in [5.74, 6) is -1.42. The van der Waals surface area contributed by atoms with E-state index in [0.717, 1.165) is 12.1 Å². The number of hydrogen-bond donors (Lipinski definition) is 1. The number of nitrogens with zero attached hydrogens (tertiary/aromatic N) is 2. The lowest BCUT2D eigenvalue weighted by atomic mass is 10.1. The lowest BCUT2D eigenvalue weighted by Crippen LogP contribution is -2.10. The van der Waals surface area contributed by atoms with Crippen LogP contribution in [0, 0.1) is 6.92 Å². The van der Waals surface area contributed by atoms with Crippen molar-refractivity contribution < 1.29 is 23.1 Å². The molecule has 100 valence electrons. The molecule has 0 spiro atoms. The van der Waals surface area contributed by atoms with E-state index < -0.39 is 23.3 Å². The van der Waals surface area contributed by atoms with Crippen LogP contribution in [0.3, 0.4) is 0 Å². The molecule has 1 aromatic heterocycles. The fraction of sp³-hybridized carbons (Fsp3) is 0.167. The molecule has 0 aliphatic carbocycles. The number of carbonyl (C=O) groups is 1. The molecule has 0 radical (unpaired) electrons. The number of hydrogen-bond acceptors (Lipinski definition) is 2. The number of imidazole rings is 1. The summed E-state index contributed by atoms with van der Waals surface area (Å²) >= 11 is 0. The van der Waals surface area contributed by atoms with Gasteiger partial charge < -0.3 is 9.67 Å². The van der Waals surface area contributed by atoms with E-state index in [0.29, 0.717) is 11.8 Å². The fourth-order valence-electron chi connectivity index (χ4n) is 1.66. The van der Waals surface area contributed by atoms with Crippen molar-refractivity contribution in [1.82, 2.24) is 9.55 Å². The van der Waals surface area contributed by atoms with E-state index in [1.165, 1.54) is 17.1 Å². The van der Waals surface area contributed by atoms with E-state index in [1.54, 1.807) is 6.92 Å². The first-order valence-corrected chi connectivity index (χ1v) is 5.24. The Morgan fingerprint density at radius 1 is 1.37 bits per heavy atom. The van der Waals surface area contributed by atoms with Crippen molar-refractivity contribution in [1.29, 1.82) is 0 Å². The number of aromatic nitrogens is 2. The van der Waals surface area contributed by atoms with Gasteiger partial charge in [0.1, 0.15) is 0 Å². The van der Waals surface area contributed by atoms with E-state index in [-0.39, 0.29) is 5.69 Å². The minimum atomic E-state index is -4.58. The standard InChI is InChI=1S/C12H9F3N2O2/c1-7-5-17(6-16-7)10-3-2-8(12(13,14)15)4-9(10)11(18)19/h2-6H,1H3,(H,18,19). The first-order valence-electron chi connectivity index (χ1n) is 5.24. The molecule has 0 aliphatic rings. The van der Waals surface area contributed by atoms with Crippen molar-refractivity contribution in [2.75, 3.05) is 0 Å². The van der Waals surface area contributed by atoms with Crippen LogP contribution in [0.25, 0.3) is 5.69 Å². The molecule has 1 heterocycles. The zero-order valence-electron chi connectivity index (χ0n) is 9.77. The molecular formula is C12H9F3N2O2. The Morgan fingerprint density at radius 2 is 2.05 bits per heavy atom. The number of carboxylic acid groups (broad SMARTS) is 1. The lowest BCUT2D eigenvalue weighted by molar-refractivity contribution is -0.137. The van der Waals surface area contributed by atoms with Crippen molar-refractivity contribution in [2.45, 2.75) is 13.1 Å². The van der Waals surface area contributed by atoms with E-state index >= 15 is 0 Å². The Kier molecular flexibility index (Phi) is 3.05. The highest BCUT2D eigenvalue weighted by Gasteiger charge is 2.32. The predicted molar refractivity (Wildman–Crippen MR) is 60.3 cm³/mol. The molecule has 19 heavy (non-hydrogen) atoms. The Morgan fingerprint density at radius 3 is 2.53 bits per heavy atom. The van der Waals surface area contributed by atoms with Gasteiger partial charge in [-0.1, -0.05) is 0 Å². The highest BCUT2D eigenvalue weighted by atomic mass is 19.4. The Hall–Kier alpha value is -2.31. The van der Waals surface area contributed by atoms with Gasteiger partial charge in [0, 0.05) is 6.20 Å². The van der Waals surface area contributed by atoms with Crippen LogP contribution in [0.2, 0.25) is 0 Å². The van der Waals surface area contributed by atoms with E-state index in [9.17, 15) is 18.0 Å². The van der Waals surface area contributed by atoms with Gasteiger partial charge in [-0.15, -0.1) is 0 Å². The van der Waals surface area contributed by atoms with Gasteiger partial charge in [-0.2, -0.15) is 13.2 Å². The molecule has 0 fully saturated rings. The predicted octanol–water partition coefficient (Wildman–Crippen LogP) is 2.90. The normalized spacial score (nSPS) is 11.6.